The fraction of sp³-hybridized carbons (Fsp3) is 0.318. The first kappa shape index (κ1) is 16.1. The minimum atomic E-state index is 1.03. The normalized spacial score (nSPS) is 15.6. The minimum absolute atomic E-state index is 1.03. The predicted octanol–water partition coefficient (Wildman–Crippen LogP) is 4.66. The summed E-state index contributed by atoms with van der Waals surface area (Å²) < 4.78 is 2.41. The summed E-state index contributed by atoms with van der Waals surface area (Å²) in [5.41, 5.74) is 9.05. The molecule has 3 nitrogen and oxygen atoms in total. The maximum absolute atomic E-state index is 4.44. The van der Waals surface area contributed by atoms with Crippen LogP contribution in [0, 0.1) is 13.8 Å². The Morgan fingerprint density at radius 3 is 2.76 bits per heavy atom. The summed E-state index contributed by atoms with van der Waals surface area (Å²) >= 11 is 0. The highest BCUT2D eigenvalue weighted by Crippen LogP contribution is 2.32. The molecule has 0 bridgehead atoms. The zero-order valence-electron chi connectivity index (χ0n) is 15.5. The smallest absolute Gasteiger partial charge is 0.0529 e. The fourth-order valence-corrected chi connectivity index (χ4v) is 3.76. The molecular weight excluding hydrogens is 306 g/mol. The number of hydrogen-bond acceptors (Lipinski definition) is 2. The summed E-state index contributed by atoms with van der Waals surface area (Å²) in [5, 5.41) is 1.40. The standard InChI is InChI=1S/C22H25N3/c1-15-5-8-21-19(11-15)20-14-24(4)10-9-22(20)25(21)13-16(2)18-7-6-17(3)23-12-18/h5-8,11-13H,9-10,14H2,1-4H3. The van der Waals surface area contributed by atoms with Crippen LogP contribution in [0.3, 0.4) is 0 Å². The van der Waals surface area contributed by atoms with E-state index in [0.717, 1.165) is 25.2 Å². The minimum Gasteiger partial charge on any atom is -0.320 e. The summed E-state index contributed by atoms with van der Waals surface area (Å²) in [6, 6.07) is 11.0. The van der Waals surface area contributed by atoms with E-state index in [4.69, 9.17) is 0 Å². The van der Waals surface area contributed by atoms with Gasteiger partial charge in [0.05, 0.1) is 5.52 Å². The Morgan fingerprint density at radius 1 is 1.16 bits per heavy atom. The highest BCUT2D eigenvalue weighted by atomic mass is 15.1. The van der Waals surface area contributed by atoms with Crippen LogP contribution in [0.25, 0.3) is 22.7 Å². The Hall–Kier alpha value is -2.39. The summed E-state index contributed by atoms with van der Waals surface area (Å²) in [7, 11) is 2.21. The van der Waals surface area contributed by atoms with E-state index in [1.807, 2.05) is 13.1 Å². The van der Waals surface area contributed by atoms with Crippen molar-refractivity contribution >= 4 is 22.7 Å². The van der Waals surface area contributed by atoms with Gasteiger partial charge >= 0.3 is 0 Å². The second kappa shape index (κ2) is 6.16. The molecule has 0 saturated heterocycles. The molecule has 0 saturated carbocycles. The molecule has 128 valence electrons. The molecule has 0 unspecified atom stereocenters. The van der Waals surface area contributed by atoms with E-state index in [1.54, 1.807) is 0 Å². The van der Waals surface area contributed by atoms with E-state index in [2.05, 4.69) is 71.9 Å². The molecule has 3 aromatic rings. The van der Waals surface area contributed by atoms with Gasteiger partial charge in [0.1, 0.15) is 0 Å². The zero-order valence-corrected chi connectivity index (χ0v) is 15.5. The second-order valence-corrected chi connectivity index (χ2v) is 7.30. The molecule has 0 atom stereocenters. The van der Waals surface area contributed by atoms with Gasteiger partial charge in [0, 0.05) is 48.7 Å². The molecule has 0 spiro atoms. The van der Waals surface area contributed by atoms with E-state index in [0.29, 0.717) is 0 Å². The van der Waals surface area contributed by atoms with Crippen molar-refractivity contribution in [3.8, 4) is 0 Å². The van der Waals surface area contributed by atoms with Gasteiger partial charge in [0.2, 0.25) is 0 Å². The van der Waals surface area contributed by atoms with Crippen LogP contribution in [0.5, 0.6) is 0 Å². The number of fused-ring (bicyclic) bond motifs is 3. The molecule has 1 aliphatic heterocycles. The number of likely N-dealkylation sites (N-methyl/N-ethyl adjacent to an activating group) is 1. The second-order valence-electron chi connectivity index (χ2n) is 7.30. The van der Waals surface area contributed by atoms with Crippen LogP contribution in [0.1, 0.15) is 35.0 Å². The zero-order chi connectivity index (χ0) is 17.6. The Balaban J connectivity index is 1.89. The van der Waals surface area contributed by atoms with Crippen LogP contribution >= 0.6 is 0 Å². The summed E-state index contributed by atoms with van der Waals surface area (Å²) in [6.07, 6.45) is 5.35. The van der Waals surface area contributed by atoms with Crippen LogP contribution in [0.4, 0.5) is 0 Å². The maximum atomic E-state index is 4.44. The van der Waals surface area contributed by atoms with Crippen molar-refractivity contribution in [1.82, 2.24) is 14.5 Å². The van der Waals surface area contributed by atoms with Gasteiger partial charge < -0.3 is 9.47 Å². The first-order chi connectivity index (χ1) is 12.0. The third-order valence-electron chi connectivity index (χ3n) is 5.22. The van der Waals surface area contributed by atoms with Gasteiger partial charge in [-0.25, -0.2) is 0 Å². The average Bonchev–Trinajstić information content (AvgIpc) is 2.88. The maximum Gasteiger partial charge on any atom is 0.0529 e. The quantitative estimate of drug-likeness (QED) is 0.681. The van der Waals surface area contributed by atoms with E-state index in [-0.39, 0.29) is 0 Å². The lowest BCUT2D eigenvalue weighted by molar-refractivity contribution is 0.312. The number of nitrogens with zero attached hydrogens (tertiary/aromatic N) is 3. The molecule has 0 amide bonds. The molecular formula is C22H25N3. The summed E-state index contributed by atoms with van der Waals surface area (Å²) in [5.74, 6) is 0. The van der Waals surface area contributed by atoms with Crippen molar-refractivity contribution in [1.29, 1.82) is 0 Å². The van der Waals surface area contributed by atoms with E-state index < -0.39 is 0 Å². The number of rotatable bonds is 2. The molecule has 1 aliphatic rings. The van der Waals surface area contributed by atoms with Gasteiger partial charge in [-0.1, -0.05) is 17.7 Å². The largest absolute Gasteiger partial charge is 0.320 e. The van der Waals surface area contributed by atoms with Gasteiger partial charge in [-0.3, -0.25) is 4.98 Å². The summed E-state index contributed by atoms with van der Waals surface area (Å²) in [6.45, 7) is 8.52. The van der Waals surface area contributed by atoms with E-state index >= 15 is 0 Å². The first-order valence-electron chi connectivity index (χ1n) is 8.95. The van der Waals surface area contributed by atoms with Crippen molar-refractivity contribution < 1.29 is 0 Å². The van der Waals surface area contributed by atoms with Crippen LogP contribution in [0.15, 0.2) is 36.5 Å². The van der Waals surface area contributed by atoms with Crippen molar-refractivity contribution in [3.05, 3.63) is 64.6 Å². The van der Waals surface area contributed by atoms with Crippen molar-refractivity contribution in [2.75, 3.05) is 13.6 Å². The van der Waals surface area contributed by atoms with Gasteiger partial charge in [-0.2, -0.15) is 0 Å². The average molecular weight is 331 g/mol. The van der Waals surface area contributed by atoms with Crippen LogP contribution in [-0.4, -0.2) is 28.0 Å². The third kappa shape index (κ3) is 2.89. The molecule has 2 aromatic heterocycles. The van der Waals surface area contributed by atoms with E-state index in [1.165, 1.54) is 38.9 Å². The molecule has 4 rings (SSSR count). The third-order valence-corrected chi connectivity index (χ3v) is 5.22. The lowest BCUT2D eigenvalue weighted by atomic mass is 10.0. The van der Waals surface area contributed by atoms with Crippen molar-refractivity contribution in [3.63, 3.8) is 0 Å². The number of pyridine rings is 1. The molecule has 1 aromatic carbocycles. The van der Waals surface area contributed by atoms with Gasteiger partial charge in [0.25, 0.3) is 0 Å². The highest BCUT2D eigenvalue weighted by Gasteiger charge is 2.21. The number of allylic oxidation sites excluding steroid dienone is 1. The molecule has 3 heterocycles. The lowest BCUT2D eigenvalue weighted by Gasteiger charge is -2.23. The van der Waals surface area contributed by atoms with Gasteiger partial charge in [0.15, 0.2) is 0 Å². The lowest BCUT2D eigenvalue weighted by Crippen LogP contribution is -2.26. The fourth-order valence-electron chi connectivity index (χ4n) is 3.76. The Labute approximate surface area is 149 Å². The van der Waals surface area contributed by atoms with Crippen molar-refractivity contribution in [2.24, 2.45) is 0 Å². The molecule has 0 N–H and O–H groups in total. The molecule has 0 aliphatic carbocycles. The number of aryl methyl sites for hydroxylation is 2. The SMILES string of the molecule is CC(=Cn1c2c(c3cc(C)ccc31)CN(C)CC2)c1ccc(C)nc1. The Morgan fingerprint density at radius 2 is 2.00 bits per heavy atom. The topological polar surface area (TPSA) is 21.1 Å². The van der Waals surface area contributed by atoms with Crippen LogP contribution in [-0.2, 0) is 13.0 Å². The molecule has 25 heavy (non-hydrogen) atoms. The Bertz CT molecular complexity index is 961. The highest BCUT2D eigenvalue weighted by molar-refractivity contribution is 5.90. The van der Waals surface area contributed by atoms with Gasteiger partial charge in [-0.15, -0.1) is 0 Å². The summed E-state index contributed by atoms with van der Waals surface area (Å²) in [4.78, 5) is 6.86. The molecule has 0 radical (unpaired) electrons. The number of aromatic nitrogens is 2. The molecule has 0 fully saturated rings. The van der Waals surface area contributed by atoms with Crippen LogP contribution in [0.2, 0.25) is 0 Å². The van der Waals surface area contributed by atoms with Gasteiger partial charge in [-0.05, 0) is 62.7 Å². The molecule has 3 heteroatoms. The first-order valence-corrected chi connectivity index (χ1v) is 8.95. The predicted molar refractivity (Wildman–Crippen MR) is 106 cm³/mol. The number of benzene rings is 1. The van der Waals surface area contributed by atoms with E-state index in [9.17, 15) is 0 Å². The van der Waals surface area contributed by atoms with Crippen molar-refractivity contribution in [2.45, 2.75) is 33.7 Å². The van der Waals surface area contributed by atoms with Crippen LogP contribution < -0.4 is 0 Å². The Kier molecular flexibility index (Phi) is 3.97. The monoisotopic (exact) mass is 331 g/mol. The number of hydrogen-bond donors (Lipinski definition) is 0.